The second-order valence-corrected chi connectivity index (χ2v) is 6.87. The lowest BCUT2D eigenvalue weighted by Gasteiger charge is -2.23. The van der Waals surface area contributed by atoms with Crippen LogP contribution in [0.2, 0.25) is 0 Å². The number of hydrogen-bond donors (Lipinski definition) is 2. The number of benzene rings is 2. The minimum Gasteiger partial charge on any atom is -0.483 e. The summed E-state index contributed by atoms with van der Waals surface area (Å²) in [6.07, 6.45) is 1.77. The molecule has 5 heteroatoms. The molecule has 1 saturated heterocycles. The van der Waals surface area contributed by atoms with Crippen LogP contribution in [0, 0.1) is 0 Å². The summed E-state index contributed by atoms with van der Waals surface area (Å²) in [5.74, 6) is 0.704. The van der Waals surface area contributed by atoms with Crippen LogP contribution in [0.15, 0.2) is 54.6 Å². The molecule has 1 amide bonds. The summed E-state index contributed by atoms with van der Waals surface area (Å²) in [5, 5.41) is 2.95. The van der Waals surface area contributed by atoms with Gasteiger partial charge in [-0.25, -0.2) is 0 Å². The second-order valence-electron chi connectivity index (χ2n) is 6.87. The fourth-order valence-electron chi connectivity index (χ4n) is 3.28. The normalized spacial score (nSPS) is 14.7. The molecule has 3 rings (SSSR count). The summed E-state index contributed by atoms with van der Waals surface area (Å²) in [6.45, 7) is 5.64. The van der Waals surface area contributed by atoms with E-state index in [4.69, 9.17) is 9.47 Å². The number of carbonyl (C=O) groups excluding carboxylic acids is 1. The van der Waals surface area contributed by atoms with Crippen LogP contribution < -0.4 is 15.0 Å². The smallest absolute Gasteiger partial charge is 0.257 e. The third-order valence-corrected chi connectivity index (χ3v) is 4.80. The summed E-state index contributed by atoms with van der Waals surface area (Å²) in [5.41, 5.74) is 2.32. The van der Waals surface area contributed by atoms with Crippen molar-refractivity contribution in [1.29, 1.82) is 0 Å². The van der Waals surface area contributed by atoms with Crippen molar-refractivity contribution < 1.29 is 19.2 Å². The highest BCUT2D eigenvalue weighted by atomic mass is 16.5. The van der Waals surface area contributed by atoms with E-state index < -0.39 is 0 Å². The van der Waals surface area contributed by atoms with Crippen LogP contribution in [0.3, 0.4) is 0 Å². The van der Waals surface area contributed by atoms with E-state index >= 15 is 0 Å². The van der Waals surface area contributed by atoms with E-state index in [9.17, 15) is 4.79 Å². The first-order chi connectivity index (χ1) is 13.3. The average molecular weight is 369 g/mol. The van der Waals surface area contributed by atoms with Crippen LogP contribution in [0.5, 0.6) is 5.75 Å². The Labute approximate surface area is 161 Å². The first-order valence-electron chi connectivity index (χ1n) is 9.74. The highest BCUT2D eigenvalue weighted by Gasteiger charge is 2.13. The third kappa shape index (κ3) is 6.70. The molecule has 0 aromatic heterocycles. The van der Waals surface area contributed by atoms with Crippen LogP contribution >= 0.6 is 0 Å². The molecule has 0 atom stereocenters. The zero-order chi connectivity index (χ0) is 18.7. The molecule has 0 saturated carbocycles. The van der Waals surface area contributed by atoms with Gasteiger partial charge in [0.1, 0.15) is 18.8 Å². The maximum absolute atomic E-state index is 12.1. The monoisotopic (exact) mass is 369 g/mol. The van der Waals surface area contributed by atoms with Crippen molar-refractivity contribution in [2.45, 2.75) is 12.8 Å². The van der Waals surface area contributed by atoms with Crippen LogP contribution in [-0.2, 0) is 16.0 Å². The van der Waals surface area contributed by atoms with Gasteiger partial charge in [0.2, 0.25) is 0 Å². The number of hydrogen-bond acceptors (Lipinski definition) is 3. The van der Waals surface area contributed by atoms with Crippen LogP contribution in [0.1, 0.15) is 17.5 Å². The van der Waals surface area contributed by atoms with Crippen molar-refractivity contribution in [2.24, 2.45) is 0 Å². The molecule has 1 heterocycles. The Hall–Kier alpha value is -2.37. The average Bonchev–Trinajstić information content (AvgIpc) is 2.72. The Balaban J connectivity index is 1.39. The number of amides is 1. The molecule has 0 unspecified atom stereocenters. The lowest BCUT2D eigenvalue weighted by atomic mass is 10.0. The van der Waals surface area contributed by atoms with Gasteiger partial charge in [0.25, 0.3) is 5.91 Å². The van der Waals surface area contributed by atoms with Gasteiger partial charge in [0.15, 0.2) is 6.61 Å². The maximum Gasteiger partial charge on any atom is 0.257 e. The van der Waals surface area contributed by atoms with Crippen molar-refractivity contribution in [1.82, 2.24) is 5.32 Å². The maximum atomic E-state index is 12.1. The Morgan fingerprint density at radius 2 is 1.78 bits per heavy atom. The summed E-state index contributed by atoms with van der Waals surface area (Å²) in [4.78, 5) is 13.6. The molecule has 0 aliphatic carbocycles. The highest BCUT2D eigenvalue weighted by Crippen LogP contribution is 2.21. The van der Waals surface area contributed by atoms with E-state index in [1.807, 2.05) is 42.5 Å². The molecule has 1 aliphatic heterocycles. The quantitative estimate of drug-likeness (QED) is 0.651. The Kier molecular flexibility index (Phi) is 7.69. The van der Waals surface area contributed by atoms with Gasteiger partial charge in [-0.2, -0.15) is 0 Å². The number of para-hydroxylation sites is 1. The third-order valence-electron chi connectivity index (χ3n) is 4.80. The van der Waals surface area contributed by atoms with Gasteiger partial charge in [0.05, 0.1) is 19.8 Å². The van der Waals surface area contributed by atoms with Crippen molar-refractivity contribution in [3.8, 4) is 5.75 Å². The first kappa shape index (κ1) is 19.4. The molecule has 0 spiro atoms. The van der Waals surface area contributed by atoms with E-state index in [1.165, 1.54) is 5.56 Å². The number of carbonyl (C=O) groups is 1. The molecule has 2 aromatic rings. The number of quaternary nitrogens is 1. The zero-order valence-corrected chi connectivity index (χ0v) is 15.8. The zero-order valence-electron chi connectivity index (χ0n) is 15.8. The van der Waals surface area contributed by atoms with Crippen LogP contribution in [0.4, 0.5) is 0 Å². The predicted molar refractivity (Wildman–Crippen MR) is 105 cm³/mol. The molecule has 0 radical (unpaired) electrons. The van der Waals surface area contributed by atoms with Crippen molar-refractivity contribution in [3.05, 3.63) is 65.7 Å². The molecule has 2 aromatic carbocycles. The number of morpholine rings is 1. The van der Waals surface area contributed by atoms with E-state index in [0.717, 1.165) is 57.0 Å². The van der Waals surface area contributed by atoms with E-state index in [0.29, 0.717) is 6.54 Å². The van der Waals surface area contributed by atoms with E-state index in [-0.39, 0.29) is 12.5 Å². The minimum atomic E-state index is -0.0681. The molecule has 5 nitrogen and oxygen atoms in total. The first-order valence-corrected chi connectivity index (χ1v) is 9.74. The fourth-order valence-corrected chi connectivity index (χ4v) is 3.28. The summed E-state index contributed by atoms with van der Waals surface area (Å²) in [7, 11) is 0. The lowest BCUT2D eigenvalue weighted by molar-refractivity contribution is -0.908. The van der Waals surface area contributed by atoms with Gasteiger partial charge in [0, 0.05) is 19.4 Å². The van der Waals surface area contributed by atoms with Crippen molar-refractivity contribution >= 4 is 5.91 Å². The van der Waals surface area contributed by atoms with Gasteiger partial charge < -0.3 is 19.7 Å². The lowest BCUT2D eigenvalue weighted by Crippen LogP contribution is -3.14. The molecule has 0 bridgehead atoms. The molecule has 27 heavy (non-hydrogen) atoms. The van der Waals surface area contributed by atoms with E-state index in [2.05, 4.69) is 17.4 Å². The van der Waals surface area contributed by atoms with Gasteiger partial charge in [-0.1, -0.05) is 48.5 Å². The topological polar surface area (TPSA) is 52.0 Å². The van der Waals surface area contributed by atoms with E-state index in [1.54, 1.807) is 4.90 Å². The summed E-state index contributed by atoms with van der Waals surface area (Å²) >= 11 is 0. The highest BCUT2D eigenvalue weighted by molar-refractivity contribution is 5.77. The van der Waals surface area contributed by atoms with Gasteiger partial charge in [-0.3, -0.25) is 4.79 Å². The number of ether oxygens (including phenoxy) is 2. The Bertz CT molecular complexity index is 700. The van der Waals surface area contributed by atoms with Crippen LogP contribution in [-0.4, -0.2) is 51.9 Å². The van der Waals surface area contributed by atoms with Gasteiger partial charge in [-0.15, -0.1) is 0 Å². The molecule has 2 N–H and O–H groups in total. The van der Waals surface area contributed by atoms with Crippen molar-refractivity contribution in [3.63, 3.8) is 0 Å². The SMILES string of the molecule is O=C(COc1ccccc1Cc1ccccc1)NCCC[NH+]1CCOCC1. The second kappa shape index (κ2) is 10.7. The predicted octanol–water partition coefficient (Wildman–Crippen LogP) is 1.08. The number of rotatable bonds is 9. The Morgan fingerprint density at radius 3 is 2.59 bits per heavy atom. The summed E-state index contributed by atoms with van der Waals surface area (Å²) < 4.78 is 11.1. The van der Waals surface area contributed by atoms with Gasteiger partial charge in [-0.05, 0) is 17.2 Å². The molecule has 1 fully saturated rings. The van der Waals surface area contributed by atoms with Gasteiger partial charge >= 0.3 is 0 Å². The van der Waals surface area contributed by atoms with Crippen LogP contribution in [0.25, 0.3) is 0 Å². The summed E-state index contributed by atoms with van der Waals surface area (Å²) in [6, 6.07) is 18.2. The molecular weight excluding hydrogens is 340 g/mol. The molecule has 1 aliphatic rings. The Morgan fingerprint density at radius 1 is 1.04 bits per heavy atom. The minimum absolute atomic E-state index is 0.0518. The largest absolute Gasteiger partial charge is 0.483 e. The molecule has 144 valence electrons. The standard InChI is InChI=1S/C22H28N2O3/c25-22(23-11-6-12-24-13-15-26-16-14-24)18-27-21-10-5-4-9-20(21)17-19-7-2-1-3-8-19/h1-5,7-10H,6,11-18H2,(H,23,25)/p+1. The fraction of sp³-hybridized carbons (Fsp3) is 0.409. The molecular formula is C22H29N2O3+. The number of nitrogens with one attached hydrogen (secondary N) is 2. The van der Waals surface area contributed by atoms with Crippen molar-refractivity contribution in [2.75, 3.05) is 46.0 Å².